The van der Waals surface area contributed by atoms with Gasteiger partial charge in [0.2, 0.25) is 10.0 Å². The van der Waals surface area contributed by atoms with Crippen molar-refractivity contribution < 1.29 is 16.8 Å². The predicted molar refractivity (Wildman–Crippen MR) is 103 cm³/mol. The molecule has 1 atom stereocenters. The third-order valence-electron chi connectivity index (χ3n) is 4.24. The molecule has 0 radical (unpaired) electrons. The summed E-state index contributed by atoms with van der Waals surface area (Å²) in [5, 5.41) is 0. The van der Waals surface area contributed by atoms with Gasteiger partial charge in [-0.05, 0) is 48.2 Å². The van der Waals surface area contributed by atoms with Gasteiger partial charge in [-0.15, -0.1) is 0 Å². The normalized spacial score (nSPS) is 13.6. The molecule has 0 fully saturated rings. The van der Waals surface area contributed by atoms with Gasteiger partial charge in [0.05, 0.1) is 15.5 Å². The molecule has 0 aliphatic rings. The van der Waals surface area contributed by atoms with Gasteiger partial charge >= 0.3 is 0 Å². The van der Waals surface area contributed by atoms with Crippen LogP contribution in [0.25, 0.3) is 0 Å². The molecule has 1 unspecified atom stereocenters. The fourth-order valence-corrected chi connectivity index (χ4v) is 4.35. The van der Waals surface area contributed by atoms with Gasteiger partial charge in [0, 0.05) is 14.1 Å². The van der Waals surface area contributed by atoms with Crippen LogP contribution in [0.1, 0.15) is 31.7 Å². The van der Waals surface area contributed by atoms with Crippen molar-refractivity contribution in [3.8, 4) is 0 Å². The van der Waals surface area contributed by atoms with E-state index >= 15 is 0 Å². The fraction of sp³-hybridized carbons (Fsp3) is 0.333. The minimum atomic E-state index is -3.80. The highest BCUT2D eigenvalue weighted by molar-refractivity contribution is 7.92. The number of anilines is 1. The van der Waals surface area contributed by atoms with Gasteiger partial charge in [-0.2, -0.15) is 0 Å². The molecule has 8 heteroatoms. The Bertz CT molecular complexity index is 967. The molecule has 6 nitrogen and oxygen atoms in total. The quantitative estimate of drug-likeness (QED) is 0.779. The highest BCUT2D eigenvalue weighted by Gasteiger charge is 2.19. The molecule has 142 valence electrons. The van der Waals surface area contributed by atoms with E-state index in [-0.39, 0.29) is 15.5 Å². The Morgan fingerprint density at radius 2 is 1.58 bits per heavy atom. The van der Waals surface area contributed by atoms with Gasteiger partial charge in [-0.3, -0.25) is 4.72 Å². The van der Waals surface area contributed by atoms with E-state index in [1.165, 1.54) is 38.4 Å². The summed E-state index contributed by atoms with van der Waals surface area (Å²) in [6.07, 6.45) is 0.970. The second kappa shape index (κ2) is 7.77. The number of sulfonamides is 2. The maximum absolute atomic E-state index is 12.6. The number of benzene rings is 2. The molecule has 0 spiro atoms. The largest absolute Gasteiger partial charge is 0.280 e. The molecule has 0 aromatic heterocycles. The molecule has 0 heterocycles. The van der Waals surface area contributed by atoms with E-state index in [9.17, 15) is 16.8 Å². The van der Waals surface area contributed by atoms with Crippen molar-refractivity contribution in [1.82, 2.24) is 4.31 Å². The summed E-state index contributed by atoms with van der Waals surface area (Å²) in [5.41, 5.74) is 1.27. The SMILES string of the molecule is CCC(C)c1ccc(S(=O)(=O)Nc2cccc(S(=O)(=O)N(C)C)c2)cc1. The van der Waals surface area contributed by atoms with Crippen molar-refractivity contribution in [2.45, 2.75) is 36.0 Å². The third kappa shape index (κ3) is 4.44. The number of hydrogen-bond donors (Lipinski definition) is 1. The minimum absolute atomic E-state index is 0.0230. The lowest BCUT2D eigenvalue weighted by Crippen LogP contribution is -2.22. The van der Waals surface area contributed by atoms with Gasteiger partial charge < -0.3 is 0 Å². The Balaban J connectivity index is 2.30. The summed E-state index contributed by atoms with van der Waals surface area (Å²) in [6.45, 7) is 4.16. The van der Waals surface area contributed by atoms with Gasteiger partial charge in [0.15, 0.2) is 0 Å². The number of hydrogen-bond acceptors (Lipinski definition) is 4. The van der Waals surface area contributed by atoms with Crippen molar-refractivity contribution in [3.05, 3.63) is 54.1 Å². The molecule has 0 saturated heterocycles. The molecule has 0 aliphatic carbocycles. The van der Waals surface area contributed by atoms with Crippen LogP contribution in [0.4, 0.5) is 5.69 Å². The number of nitrogens with zero attached hydrogens (tertiary/aromatic N) is 1. The molecule has 1 N–H and O–H groups in total. The molecule has 0 aliphatic heterocycles. The Kier molecular flexibility index (Phi) is 6.10. The smallest absolute Gasteiger partial charge is 0.261 e. The van der Waals surface area contributed by atoms with E-state index in [1.807, 2.05) is 0 Å². The Morgan fingerprint density at radius 1 is 0.962 bits per heavy atom. The van der Waals surface area contributed by atoms with Crippen molar-refractivity contribution in [2.75, 3.05) is 18.8 Å². The lowest BCUT2D eigenvalue weighted by atomic mass is 9.99. The van der Waals surface area contributed by atoms with Crippen molar-refractivity contribution in [3.63, 3.8) is 0 Å². The van der Waals surface area contributed by atoms with Crippen molar-refractivity contribution >= 4 is 25.7 Å². The fourth-order valence-electron chi connectivity index (χ4n) is 2.36. The van der Waals surface area contributed by atoms with Crippen molar-refractivity contribution in [1.29, 1.82) is 0 Å². The van der Waals surface area contributed by atoms with Crippen LogP contribution in [0.15, 0.2) is 58.3 Å². The summed E-state index contributed by atoms with van der Waals surface area (Å²) >= 11 is 0. The van der Waals surface area contributed by atoms with Crippen LogP contribution >= 0.6 is 0 Å². The van der Waals surface area contributed by atoms with Crippen LogP contribution in [0.2, 0.25) is 0 Å². The molecular weight excluding hydrogens is 372 g/mol. The van der Waals surface area contributed by atoms with E-state index in [0.29, 0.717) is 5.92 Å². The minimum Gasteiger partial charge on any atom is -0.280 e. The van der Waals surface area contributed by atoms with E-state index in [1.54, 1.807) is 24.3 Å². The second-order valence-electron chi connectivity index (χ2n) is 6.30. The zero-order valence-electron chi connectivity index (χ0n) is 15.3. The first-order chi connectivity index (χ1) is 12.1. The topological polar surface area (TPSA) is 83.5 Å². The van der Waals surface area contributed by atoms with Crippen LogP contribution in [-0.2, 0) is 20.0 Å². The number of rotatable bonds is 7. The van der Waals surface area contributed by atoms with E-state index < -0.39 is 20.0 Å². The first-order valence-electron chi connectivity index (χ1n) is 8.23. The summed E-state index contributed by atoms with van der Waals surface area (Å²) in [4.78, 5) is 0.153. The first kappa shape index (κ1) is 20.4. The molecule has 0 bridgehead atoms. The van der Waals surface area contributed by atoms with E-state index in [0.717, 1.165) is 16.3 Å². The molecular formula is C18H24N2O4S2. The lowest BCUT2D eigenvalue weighted by molar-refractivity contribution is 0.521. The standard InChI is InChI=1S/C18H24N2O4S2/c1-5-14(2)15-9-11-17(12-10-15)25(21,22)19-16-7-6-8-18(13-16)26(23,24)20(3)4/h6-14,19H,5H2,1-4H3. The Morgan fingerprint density at radius 3 is 2.12 bits per heavy atom. The average Bonchev–Trinajstić information content (AvgIpc) is 2.60. The molecule has 2 rings (SSSR count). The zero-order valence-corrected chi connectivity index (χ0v) is 16.9. The van der Waals surface area contributed by atoms with Crippen LogP contribution < -0.4 is 4.72 Å². The molecule has 0 amide bonds. The maximum atomic E-state index is 12.6. The maximum Gasteiger partial charge on any atom is 0.261 e. The molecule has 0 saturated carbocycles. The van der Waals surface area contributed by atoms with Gasteiger partial charge in [-0.25, -0.2) is 21.1 Å². The Hall–Kier alpha value is -1.90. The van der Waals surface area contributed by atoms with E-state index in [4.69, 9.17) is 0 Å². The third-order valence-corrected chi connectivity index (χ3v) is 7.44. The summed E-state index contributed by atoms with van der Waals surface area (Å²) in [6, 6.07) is 12.5. The highest BCUT2D eigenvalue weighted by Crippen LogP contribution is 2.23. The summed E-state index contributed by atoms with van der Waals surface area (Å²) < 4.78 is 53.1. The van der Waals surface area contributed by atoms with Gasteiger partial charge in [0.25, 0.3) is 10.0 Å². The summed E-state index contributed by atoms with van der Waals surface area (Å²) in [5.74, 6) is 0.354. The average molecular weight is 397 g/mol. The zero-order chi connectivity index (χ0) is 19.5. The predicted octanol–water partition coefficient (Wildman–Crippen LogP) is 3.25. The van der Waals surface area contributed by atoms with Gasteiger partial charge in [0.1, 0.15) is 0 Å². The van der Waals surface area contributed by atoms with Crippen molar-refractivity contribution in [2.24, 2.45) is 0 Å². The van der Waals surface area contributed by atoms with Crippen LogP contribution in [0.5, 0.6) is 0 Å². The molecule has 26 heavy (non-hydrogen) atoms. The monoisotopic (exact) mass is 396 g/mol. The number of nitrogens with one attached hydrogen (secondary N) is 1. The second-order valence-corrected chi connectivity index (χ2v) is 10.1. The molecule has 2 aromatic rings. The molecule has 2 aromatic carbocycles. The van der Waals surface area contributed by atoms with Crippen LogP contribution in [0, 0.1) is 0 Å². The van der Waals surface area contributed by atoms with Gasteiger partial charge in [-0.1, -0.05) is 32.0 Å². The Labute approximate surface area is 156 Å². The van der Waals surface area contributed by atoms with Crippen LogP contribution in [-0.4, -0.2) is 35.2 Å². The first-order valence-corrected chi connectivity index (χ1v) is 11.2. The summed E-state index contributed by atoms with van der Waals surface area (Å²) in [7, 11) is -4.60. The van der Waals surface area contributed by atoms with E-state index in [2.05, 4.69) is 18.6 Å². The van der Waals surface area contributed by atoms with Crippen LogP contribution in [0.3, 0.4) is 0 Å². The highest BCUT2D eigenvalue weighted by atomic mass is 32.2. The lowest BCUT2D eigenvalue weighted by Gasteiger charge is -2.14.